The number of hydrogen-bond donors (Lipinski definition) is 0. The van der Waals surface area contributed by atoms with Gasteiger partial charge < -0.3 is 4.74 Å². The molecule has 2 aromatic rings. The van der Waals surface area contributed by atoms with Gasteiger partial charge in [-0.2, -0.15) is 0 Å². The second-order valence-corrected chi connectivity index (χ2v) is 4.97. The van der Waals surface area contributed by atoms with Crippen LogP contribution in [0.3, 0.4) is 0 Å². The van der Waals surface area contributed by atoms with Crippen LogP contribution in [0.25, 0.3) is 0 Å². The van der Waals surface area contributed by atoms with E-state index in [9.17, 15) is 9.59 Å². The average Bonchev–Trinajstić information content (AvgIpc) is 2.60. The van der Waals surface area contributed by atoms with Gasteiger partial charge in [-0.1, -0.05) is 42.5 Å². The number of hydrogen-bond acceptors (Lipinski definition) is 3. The molecule has 0 bridgehead atoms. The standard InChI is InChI=1S/C17H15NO3/c1-12-16(19)18(11-13-7-3-2-4-8-13)17(20)14-9-5-6-10-15(14)21-12/h2-10,12H,11H2,1H3/t12-/m0/s1. The van der Waals surface area contributed by atoms with Crippen LogP contribution in [0.4, 0.5) is 0 Å². The van der Waals surface area contributed by atoms with Crippen molar-refractivity contribution in [3.63, 3.8) is 0 Å². The molecule has 0 aromatic heterocycles. The molecule has 106 valence electrons. The number of fused-ring (bicyclic) bond motifs is 1. The first-order chi connectivity index (χ1) is 10.2. The van der Waals surface area contributed by atoms with E-state index in [2.05, 4.69) is 0 Å². The Morgan fingerprint density at radius 3 is 2.43 bits per heavy atom. The van der Waals surface area contributed by atoms with Gasteiger partial charge in [0.25, 0.3) is 11.8 Å². The number of rotatable bonds is 2. The molecule has 1 atom stereocenters. The van der Waals surface area contributed by atoms with Crippen LogP contribution in [0.5, 0.6) is 5.75 Å². The summed E-state index contributed by atoms with van der Waals surface area (Å²) in [4.78, 5) is 26.3. The van der Waals surface area contributed by atoms with E-state index in [1.165, 1.54) is 4.90 Å². The highest BCUT2D eigenvalue weighted by molar-refractivity contribution is 6.08. The molecule has 0 fully saturated rings. The second-order valence-electron chi connectivity index (χ2n) is 4.97. The van der Waals surface area contributed by atoms with E-state index in [1.54, 1.807) is 31.2 Å². The largest absolute Gasteiger partial charge is 0.480 e. The topological polar surface area (TPSA) is 46.6 Å². The van der Waals surface area contributed by atoms with Gasteiger partial charge in [-0.05, 0) is 24.6 Å². The summed E-state index contributed by atoms with van der Waals surface area (Å²) in [6.07, 6.45) is -0.679. The molecule has 0 radical (unpaired) electrons. The first-order valence-corrected chi connectivity index (χ1v) is 6.82. The number of carbonyl (C=O) groups excluding carboxylic acids is 2. The molecule has 1 aliphatic rings. The molecule has 0 spiro atoms. The number of carbonyl (C=O) groups is 2. The Balaban J connectivity index is 1.99. The zero-order chi connectivity index (χ0) is 14.8. The van der Waals surface area contributed by atoms with Crippen LogP contribution in [-0.2, 0) is 11.3 Å². The van der Waals surface area contributed by atoms with Crippen molar-refractivity contribution in [2.75, 3.05) is 0 Å². The first kappa shape index (κ1) is 13.4. The van der Waals surface area contributed by atoms with Gasteiger partial charge in [0, 0.05) is 0 Å². The average molecular weight is 281 g/mol. The highest BCUT2D eigenvalue weighted by Crippen LogP contribution is 2.26. The molecule has 0 aliphatic carbocycles. The van der Waals surface area contributed by atoms with Crippen LogP contribution < -0.4 is 4.74 Å². The fourth-order valence-corrected chi connectivity index (χ4v) is 2.37. The van der Waals surface area contributed by atoms with E-state index in [4.69, 9.17) is 4.74 Å². The number of nitrogens with zero attached hydrogens (tertiary/aromatic N) is 1. The fourth-order valence-electron chi connectivity index (χ4n) is 2.37. The summed E-state index contributed by atoms with van der Waals surface area (Å²) in [5.74, 6) is -0.178. The number of imide groups is 1. The van der Waals surface area contributed by atoms with Crippen LogP contribution in [0, 0.1) is 0 Å². The van der Waals surface area contributed by atoms with E-state index in [0.717, 1.165) is 5.56 Å². The fraction of sp³-hybridized carbons (Fsp3) is 0.176. The van der Waals surface area contributed by atoms with Crippen molar-refractivity contribution >= 4 is 11.8 Å². The summed E-state index contributed by atoms with van der Waals surface area (Å²) >= 11 is 0. The van der Waals surface area contributed by atoms with Crippen molar-refractivity contribution in [3.8, 4) is 5.75 Å². The van der Waals surface area contributed by atoms with Crippen molar-refractivity contribution in [2.24, 2.45) is 0 Å². The van der Waals surface area contributed by atoms with E-state index in [-0.39, 0.29) is 18.4 Å². The number of amides is 2. The van der Waals surface area contributed by atoms with Crippen molar-refractivity contribution < 1.29 is 14.3 Å². The molecule has 0 N–H and O–H groups in total. The van der Waals surface area contributed by atoms with Gasteiger partial charge in [-0.15, -0.1) is 0 Å². The van der Waals surface area contributed by atoms with Crippen molar-refractivity contribution in [3.05, 3.63) is 65.7 Å². The van der Waals surface area contributed by atoms with Crippen molar-refractivity contribution in [1.82, 2.24) is 4.90 Å². The molecule has 2 amide bonds. The maximum Gasteiger partial charge on any atom is 0.270 e. The second kappa shape index (κ2) is 5.40. The van der Waals surface area contributed by atoms with Crippen LogP contribution >= 0.6 is 0 Å². The minimum Gasteiger partial charge on any atom is -0.480 e. The third-order valence-corrected chi connectivity index (χ3v) is 3.46. The lowest BCUT2D eigenvalue weighted by Gasteiger charge is -2.20. The third-order valence-electron chi connectivity index (χ3n) is 3.46. The maximum atomic E-state index is 12.6. The number of benzene rings is 2. The molecule has 21 heavy (non-hydrogen) atoms. The molecule has 1 aliphatic heterocycles. The minimum absolute atomic E-state index is 0.251. The Morgan fingerprint density at radius 2 is 1.67 bits per heavy atom. The van der Waals surface area contributed by atoms with Gasteiger partial charge in [0.1, 0.15) is 5.75 Å². The summed E-state index contributed by atoms with van der Waals surface area (Å²) in [5.41, 5.74) is 1.33. The number of para-hydroxylation sites is 1. The third kappa shape index (κ3) is 2.52. The Morgan fingerprint density at radius 1 is 1.00 bits per heavy atom. The van der Waals surface area contributed by atoms with Crippen LogP contribution in [0.1, 0.15) is 22.8 Å². The van der Waals surface area contributed by atoms with Gasteiger partial charge in [-0.25, -0.2) is 0 Å². The van der Waals surface area contributed by atoms with E-state index >= 15 is 0 Å². The SMILES string of the molecule is C[C@@H]1Oc2ccccc2C(=O)N(Cc2ccccc2)C1=O. The van der Waals surface area contributed by atoms with Gasteiger partial charge in [0.2, 0.25) is 0 Å². The van der Waals surface area contributed by atoms with Crippen molar-refractivity contribution in [2.45, 2.75) is 19.6 Å². The van der Waals surface area contributed by atoms with Gasteiger partial charge in [0.15, 0.2) is 6.10 Å². The molecule has 0 unspecified atom stereocenters. The number of ether oxygens (including phenoxy) is 1. The molecule has 3 rings (SSSR count). The highest BCUT2D eigenvalue weighted by Gasteiger charge is 2.33. The van der Waals surface area contributed by atoms with Crippen molar-refractivity contribution in [1.29, 1.82) is 0 Å². The minimum atomic E-state index is -0.679. The highest BCUT2D eigenvalue weighted by atomic mass is 16.5. The van der Waals surface area contributed by atoms with Gasteiger partial charge in [0.05, 0.1) is 12.1 Å². The predicted octanol–water partition coefficient (Wildman–Crippen LogP) is 2.64. The quantitative estimate of drug-likeness (QED) is 0.795. The Kier molecular flexibility index (Phi) is 3.44. The lowest BCUT2D eigenvalue weighted by molar-refractivity contribution is -0.135. The van der Waals surface area contributed by atoms with Crippen LogP contribution in [0.15, 0.2) is 54.6 Å². The molecule has 0 saturated carbocycles. The Bertz CT molecular complexity index is 681. The van der Waals surface area contributed by atoms with Crippen LogP contribution in [-0.4, -0.2) is 22.8 Å². The summed E-state index contributed by atoms with van der Waals surface area (Å²) in [7, 11) is 0. The molecule has 1 heterocycles. The van der Waals surface area contributed by atoms with E-state index in [1.807, 2.05) is 30.3 Å². The molecular formula is C17H15NO3. The summed E-state index contributed by atoms with van der Waals surface area (Å²) < 4.78 is 5.60. The summed E-state index contributed by atoms with van der Waals surface area (Å²) in [6, 6.07) is 16.4. The summed E-state index contributed by atoms with van der Waals surface area (Å²) in [5, 5.41) is 0. The molecule has 0 saturated heterocycles. The Labute approximate surface area is 123 Å². The molecule has 2 aromatic carbocycles. The zero-order valence-corrected chi connectivity index (χ0v) is 11.7. The maximum absolute atomic E-state index is 12.6. The first-order valence-electron chi connectivity index (χ1n) is 6.82. The monoisotopic (exact) mass is 281 g/mol. The van der Waals surface area contributed by atoms with Gasteiger partial charge in [-0.3, -0.25) is 14.5 Å². The smallest absolute Gasteiger partial charge is 0.270 e. The normalized spacial score (nSPS) is 18.0. The van der Waals surface area contributed by atoms with Gasteiger partial charge >= 0.3 is 0 Å². The summed E-state index contributed by atoms with van der Waals surface area (Å²) in [6.45, 7) is 1.91. The van der Waals surface area contributed by atoms with E-state index < -0.39 is 6.10 Å². The Hall–Kier alpha value is -2.62. The predicted molar refractivity (Wildman–Crippen MR) is 77.9 cm³/mol. The van der Waals surface area contributed by atoms with E-state index in [0.29, 0.717) is 11.3 Å². The molecular weight excluding hydrogens is 266 g/mol. The lowest BCUT2D eigenvalue weighted by atomic mass is 10.1. The zero-order valence-electron chi connectivity index (χ0n) is 11.7. The molecule has 4 nitrogen and oxygen atoms in total. The molecule has 4 heteroatoms. The lowest BCUT2D eigenvalue weighted by Crippen LogP contribution is -2.41. The van der Waals surface area contributed by atoms with Crippen LogP contribution in [0.2, 0.25) is 0 Å².